The first-order valence-corrected chi connectivity index (χ1v) is 12.2. The minimum absolute atomic E-state index is 0.135. The summed E-state index contributed by atoms with van der Waals surface area (Å²) >= 11 is 1.32. The Hall–Kier alpha value is -4.24. The molecule has 0 aliphatic heterocycles. The maximum absolute atomic E-state index is 13.6. The second-order valence-corrected chi connectivity index (χ2v) is 8.87. The van der Waals surface area contributed by atoms with Crippen LogP contribution in [0, 0.1) is 5.82 Å². The molecule has 0 N–H and O–H groups in total. The molecule has 2 heterocycles. The number of amides is 1. The van der Waals surface area contributed by atoms with E-state index in [0.29, 0.717) is 22.9 Å². The van der Waals surface area contributed by atoms with Crippen LogP contribution in [0.4, 0.5) is 10.1 Å². The second kappa shape index (κ2) is 10.6. The molecule has 5 rings (SSSR count). The van der Waals surface area contributed by atoms with Crippen molar-refractivity contribution < 1.29 is 13.9 Å². The molecule has 0 aliphatic carbocycles. The van der Waals surface area contributed by atoms with E-state index in [1.165, 1.54) is 30.2 Å². The van der Waals surface area contributed by atoms with E-state index in [2.05, 4.69) is 15.1 Å². The van der Waals surface area contributed by atoms with Gasteiger partial charge >= 0.3 is 0 Å². The molecule has 0 unspecified atom stereocenters. The molecule has 0 aliphatic rings. The molecular weight excluding hydrogens is 477 g/mol. The summed E-state index contributed by atoms with van der Waals surface area (Å²) < 4.78 is 20.5. The van der Waals surface area contributed by atoms with Gasteiger partial charge in [0.1, 0.15) is 22.9 Å². The number of para-hydroxylation sites is 1. The van der Waals surface area contributed by atoms with Crippen LogP contribution in [0.5, 0.6) is 5.75 Å². The fourth-order valence-corrected chi connectivity index (χ4v) is 4.60. The number of rotatable bonds is 8. The van der Waals surface area contributed by atoms with E-state index in [0.717, 1.165) is 22.4 Å². The van der Waals surface area contributed by atoms with E-state index >= 15 is 0 Å². The number of halogens is 1. The van der Waals surface area contributed by atoms with E-state index < -0.39 is 0 Å². The monoisotopic (exact) mass is 499 g/mol. The zero-order chi connectivity index (χ0) is 24.9. The van der Waals surface area contributed by atoms with Crippen molar-refractivity contribution in [1.29, 1.82) is 0 Å². The maximum Gasteiger partial charge on any atom is 0.237 e. The van der Waals surface area contributed by atoms with Crippen molar-refractivity contribution in [2.24, 2.45) is 0 Å². The first kappa shape index (κ1) is 23.5. The average Bonchev–Trinajstić information content (AvgIpc) is 3.37. The molecule has 0 saturated carbocycles. The summed E-state index contributed by atoms with van der Waals surface area (Å²) in [6.07, 6.45) is 3.19. The molecule has 0 atom stereocenters. The number of nitrogens with zero attached hydrogens (tertiary/aromatic N) is 5. The minimum Gasteiger partial charge on any atom is -0.497 e. The number of fused-ring (bicyclic) bond motifs is 1. The van der Waals surface area contributed by atoms with Crippen LogP contribution in [0.2, 0.25) is 0 Å². The van der Waals surface area contributed by atoms with Crippen LogP contribution in [0.3, 0.4) is 0 Å². The van der Waals surface area contributed by atoms with Gasteiger partial charge in [-0.1, -0.05) is 42.1 Å². The zero-order valence-corrected chi connectivity index (χ0v) is 20.2. The number of hydrogen-bond acceptors (Lipinski definition) is 6. The Morgan fingerprint density at radius 1 is 1.00 bits per heavy atom. The Labute approximate surface area is 211 Å². The molecule has 0 fully saturated rings. The second-order valence-electron chi connectivity index (χ2n) is 7.90. The lowest BCUT2D eigenvalue weighted by Gasteiger charge is -2.23. The highest BCUT2D eigenvalue weighted by molar-refractivity contribution is 8.00. The third-order valence-corrected chi connectivity index (χ3v) is 6.59. The Bertz CT molecular complexity index is 1470. The van der Waals surface area contributed by atoms with E-state index in [1.807, 2.05) is 54.6 Å². The van der Waals surface area contributed by atoms with Crippen molar-refractivity contribution in [1.82, 2.24) is 19.7 Å². The largest absolute Gasteiger partial charge is 0.497 e. The van der Waals surface area contributed by atoms with E-state index in [-0.39, 0.29) is 17.5 Å². The molecule has 0 radical (unpaired) electrons. The number of ether oxygens (including phenoxy) is 1. The summed E-state index contributed by atoms with van der Waals surface area (Å²) in [6, 6.07) is 23.1. The van der Waals surface area contributed by atoms with Gasteiger partial charge in [-0.3, -0.25) is 4.79 Å². The molecule has 0 spiro atoms. The minimum atomic E-state index is -0.358. The summed E-state index contributed by atoms with van der Waals surface area (Å²) in [7, 11) is 1.61. The summed E-state index contributed by atoms with van der Waals surface area (Å²) in [6.45, 7) is 0.333. The zero-order valence-electron chi connectivity index (χ0n) is 19.4. The summed E-state index contributed by atoms with van der Waals surface area (Å²) in [4.78, 5) is 23.9. The molecule has 0 saturated heterocycles. The summed E-state index contributed by atoms with van der Waals surface area (Å²) in [5, 5.41) is 5.91. The Kier molecular flexibility index (Phi) is 6.90. The fourth-order valence-electron chi connectivity index (χ4n) is 3.76. The van der Waals surface area contributed by atoms with Crippen molar-refractivity contribution in [3.63, 3.8) is 0 Å². The van der Waals surface area contributed by atoms with Crippen LogP contribution in [-0.2, 0) is 11.3 Å². The quantitative estimate of drug-likeness (QED) is 0.213. The van der Waals surface area contributed by atoms with Gasteiger partial charge in [0.2, 0.25) is 5.91 Å². The average molecular weight is 500 g/mol. The number of methoxy groups -OCH3 is 1. The van der Waals surface area contributed by atoms with Gasteiger partial charge < -0.3 is 9.64 Å². The van der Waals surface area contributed by atoms with E-state index in [4.69, 9.17) is 4.74 Å². The number of anilines is 1. The van der Waals surface area contributed by atoms with Crippen LogP contribution in [0.25, 0.3) is 16.7 Å². The van der Waals surface area contributed by atoms with Crippen molar-refractivity contribution in [3.05, 3.63) is 103 Å². The van der Waals surface area contributed by atoms with Crippen LogP contribution in [0.15, 0.2) is 96.4 Å². The Morgan fingerprint density at radius 2 is 1.75 bits per heavy atom. The molecule has 180 valence electrons. The lowest BCUT2D eigenvalue weighted by molar-refractivity contribution is -0.116. The van der Waals surface area contributed by atoms with Gasteiger partial charge in [0.15, 0.2) is 5.65 Å². The highest BCUT2D eigenvalue weighted by Gasteiger charge is 2.19. The molecule has 5 aromatic rings. The molecule has 7 nitrogen and oxygen atoms in total. The van der Waals surface area contributed by atoms with Crippen LogP contribution >= 0.6 is 11.8 Å². The highest BCUT2D eigenvalue weighted by atomic mass is 32.2. The normalized spacial score (nSPS) is 10.9. The topological polar surface area (TPSA) is 73.1 Å². The van der Waals surface area contributed by atoms with Crippen molar-refractivity contribution in [2.75, 3.05) is 17.8 Å². The smallest absolute Gasteiger partial charge is 0.237 e. The molecule has 2 aromatic heterocycles. The SMILES string of the molecule is COc1ccc(CN(C(=O)CSc2ncnc3c2cnn3-c2ccccc2)c2ccc(F)cc2)cc1. The third kappa shape index (κ3) is 5.06. The van der Waals surface area contributed by atoms with Gasteiger partial charge in [0.05, 0.1) is 36.7 Å². The number of hydrogen-bond donors (Lipinski definition) is 0. The Morgan fingerprint density at radius 3 is 2.47 bits per heavy atom. The predicted octanol–water partition coefficient (Wildman–Crippen LogP) is 5.29. The number of carbonyl (C=O) groups is 1. The fraction of sp³-hybridized carbons (Fsp3) is 0.111. The van der Waals surface area contributed by atoms with Crippen LogP contribution in [-0.4, -0.2) is 38.5 Å². The Balaban J connectivity index is 1.38. The van der Waals surface area contributed by atoms with Gasteiger partial charge in [-0.2, -0.15) is 5.10 Å². The van der Waals surface area contributed by atoms with E-state index in [1.54, 1.807) is 35.0 Å². The van der Waals surface area contributed by atoms with Crippen molar-refractivity contribution in [2.45, 2.75) is 11.6 Å². The van der Waals surface area contributed by atoms with Crippen LogP contribution in [0.1, 0.15) is 5.56 Å². The standard InChI is InChI=1S/C27H22FN5O2S/c1-35-23-13-7-19(8-14-23)16-32(21-11-9-20(28)10-12-21)25(34)17-36-27-24-15-31-33(26(24)29-18-30-27)22-5-3-2-4-6-22/h2-15,18H,16-17H2,1H3. The van der Waals surface area contributed by atoms with Crippen LogP contribution < -0.4 is 9.64 Å². The molecule has 9 heteroatoms. The first-order valence-electron chi connectivity index (χ1n) is 11.2. The highest BCUT2D eigenvalue weighted by Crippen LogP contribution is 2.27. The molecule has 3 aromatic carbocycles. The van der Waals surface area contributed by atoms with Gasteiger partial charge in [0.25, 0.3) is 0 Å². The summed E-state index contributed by atoms with van der Waals surface area (Å²) in [5.74, 6) is 0.377. The van der Waals surface area contributed by atoms with Gasteiger partial charge in [0, 0.05) is 5.69 Å². The predicted molar refractivity (Wildman–Crippen MR) is 138 cm³/mol. The maximum atomic E-state index is 13.6. The molecule has 36 heavy (non-hydrogen) atoms. The molecular formula is C27H22FN5O2S. The lowest BCUT2D eigenvalue weighted by Crippen LogP contribution is -2.32. The number of thioether (sulfide) groups is 1. The number of aromatic nitrogens is 4. The number of carbonyl (C=O) groups excluding carboxylic acids is 1. The van der Waals surface area contributed by atoms with Gasteiger partial charge in [-0.15, -0.1) is 0 Å². The lowest BCUT2D eigenvalue weighted by atomic mass is 10.2. The van der Waals surface area contributed by atoms with E-state index in [9.17, 15) is 9.18 Å². The van der Waals surface area contributed by atoms with Crippen molar-refractivity contribution >= 4 is 34.4 Å². The number of benzene rings is 3. The van der Waals surface area contributed by atoms with Gasteiger partial charge in [-0.05, 0) is 54.1 Å². The van der Waals surface area contributed by atoms with Gasteiger partial charge in [-0.25, -0.2) is 19.0 Å². The third-order valence-electron chi connectivity index (χ3n) is 5.60. The summed E-state index contributed by atoms with van der Waals surface area (Å²) in [5.41, 5.74) is 3.09. The molecule has 0 bridgehead atoms. The first-order chi connectivity index (χ1) is 17.6. The molecule has 1 amide bonds. The van der Waals surface area contributed by atoms with Crippen molar-refractivity contribution in [3.8, 4) is 11.4 Å².